The molecule has 3 aromatic rings. The first-order valence-corrected chi connectivity index (χ1v) is 17.3. The molecule has 0 aromatic heterocycles. The number of halogens is 2. The smallest absolute Gasteiger partial charge is 0.243 e. The summed E-state index contributed by atoms with van der Waals surface area (Å²) in [6, 6.07) is 22.9. The number of hydrogen-bond acceptors (Lipinski definition) is 4. The highest BCUT2D eigenvalue weighted by Crippen LogP contribution is 2.25. The molecule has 43 heavy (non-hydrogen) atoms. The van der Waals surface area contributed by atoms with E-state index >= 15 is 0 Å². The van der Waals surface area contributed by atoms with Crippen LogP contribution in [-0.2, 0) is 32.6 Å². The van der Waals surface area contributed by atoms with Gasteiger partial charge in [-0.3, -0.25) is 13.9 Å². The quantitative estimate of drug-likeness (QED) is 0.227. The zero-order valence-electron chi connectivity index (χ0n) is 24.4. The number of carbonyl (C=O) groups excluding carboxylic acids is 2. The van der Waals surface area contributed by atoms with E-state index in [1.807, 2.05) is 48.5 Å². The van der Waals surface area contributed by atoms with Crippen LogP contribution in [0.25, 0.3) is 0 Å². The number of nitrogens with one attached hydrogen (secondary N) is 1. The van der Waals surface area contributed by atoms with Gasteiger partial charge < -0.3 is 10.2 Å². The summed E-state index contributed by atoms with van der Waals surface area (Å²) in [4.78, 5) is 29.6. The summed E-state index contributed by atoms with van der Waals surface area (Å²) in [5.41, 5.74) is 2.11. The van der Waals surface area contributed by atoms with E-state index in [1.54, 1.807) is 35.2 Å². The summed E-state index contributed by atoms with van der Waals surface area (Å²) in [6.45, 7) is 0.237. The molecular formula is C33H39Cl2N3O4S. The number of sulfonamides is 1. The fraction of sp³-hybridized carbons (Fsp3) is 0.394. The minimum Gasteiger partial charge on any atom is -0.352 e. The highest BCUT2D eigenvalue weighted by atomic mass is 35.5. The van der Waals surface area contributed by atoms with Crippen LogP contribution in [0, 0.1) is 0 Å². The Balaban J connectivity index is 1.60. The molecule has 3 aromatic carbocycles. The molecule has 230 valence electrons. The van der Waals surface area contributed by atoms with Crippen molar-refractivity contribution in [1.82, 2.24) is 10.2 Å². The van der Waals surface area contributed by atoms with Gasteiger partial charge in [0.25, 0.3) is 0 Å². The average Bonchev–Trinajstić information content (AvgIpc) is 2.98. The van der Waals surface area contributed by atoms with Gasteiger partial charge in [0.1, 0.15) is 6.04 Å². The second kappa shape index (κ2) is 15.6. The van der Waals surface area contributed by atoms with Gasteiger partial charge in [-0.05, 0) is 54.7 Å². The van der Waals surface area contributed by atoms with Gasteiger partial charge in [0, 0.05) is 42.0 Å². The maximum absolute atomic E-state index is 14.0. The molecule has 1 aliphatic rings. The molecule has 4 rings (SSSR count). The van der Waals surface area contributed by atoms with Crippen molar-refractivity contribution in [2.75, 3.05) is 17.1 Å². The maximum Gasteiger partial charge on any atom is 0.243 e. The van der Waals surface area contributed by atoms with E-state index in [4.69, 9.17) is 23.2 Å². The maximum atomic E-state index is 14.0. The van der Waals surface area contributed by atoms with Gasteiger partial charge in [-0.2, -0.15) is 0 Å². The third-order valence-electron chi connectivity index (χ3n) is 7.77. The van der Waals surface area contributed by atoms with E-state index in [1.165, 1.54) is 4.31 Å². The SMILES string of the molecule is CS(=O)(=O)N(CCCC(=O)N(Cc1ccccc1Cl)[C@@H](Cc1ccccc1)C(=O)NC1CCCCC1)c1cccc(Cl)c1. The molecule has 0 aliphatic heterocycles. The summed E-state index contributed by atoms with van der Waals surface area (Å²) >= 11 is 12.7. The molecule has 10 heteroatoms. The molecule has 1 atom stereocenters. The Morgan fingerprint density at radius 1 is 0.930 bits per heavy atom. The lowest BCUT2D eigenvalue weighted by Gasteiger charge is -2.34. The van der Waals surface area contributed by atoms with E-state index < -0.39 is 16.1 Å². The lowest BCUT2D eigenvalue weighted by atomic mass is 9.94. The number of anilines is 1. The first kappa shape index (κ1) is 32.8. The molecule has 7 nitrogen and oxygen atoms in total. The molecule has 0 radical (unpaired) electrons. The Hall–Kier alpha value is -3.07. The van der Waals surface area contributed by atoms with Crippen molar-refractivity contribution in [3.63, 3.8) is 0 Å². The van der Waals surface area contributed by atoms with Crippen molar-refractivity contribution in [1.29, 1.82) is 0 Å². The zero-order chi connectivity index (χ0) is 30.8. The second-order valence-corrected chi connectivity index (χ2v) is 13.8. The predicted octanol–water partition coefficient (Wildman–Crippen LogP) is 6.63. The van der Waals surface area contributed by atoms with E-state index in [2.05, 4.69) is 5.32 Å². The van der Waals surface area contributed by atoms with Crippen molar-refractivity contribution in [3.8, 4) is 0 Å². The van der Waals surface area contributed by atoms with Crippen LogP contribution in [0.15, 0.2) is 78.9 Å². The van der Waals surface area contributed by atoms with Crippen LogP contribution in [-0.4, -0.2) is 50.0 Å². The molecule has 1 saturated carbocycles. The van der Waals surface area contributed by atoms with Crippen LogP contribution >= 0.6 is 23.2 Å². The van der Waals surface area contributed by atoms with E-state index in [0.29, 0.717) is 22.2 Å². The fourth-order valence-electron chi connectivity index (χ4n) is 5.54. The lowest BCUT2D eigenvalue weighted by Crippen LogP contribution is -2.53. The predicted molar refractivity (Wildman–Crippen MR) is 174 cm³/mol. The fourth-order valence-corrected chi connectivity index (χ4v) is 6.88. The number of nitrogens with zero attached hydrogens (tertiary/aromatic N) is 2. The molecule has 0 bridgehead atoms. The van der Waals surface area contributed by atoms with Crippen LogP contribution in [0.3, 0.4) is 0 Å². The van der Waals surface area contributed by atoms with E-state index in [9.17, 15) is 18.0 Å². The highest BCUT2D eigenvalue weighted by Gasteiger charge is 2.32. The van der Waals surface area contributed by atoms with Crippen molar-refractivity contribution >= 4 is 50.7 Å². The number of hydrogen-bond donors (Lipinski definition) is 1. The van der Waals surface area contributed by atoms with Gasteiger partial charge in [0.2, 0.25) is 21.8 Å². The monoisotopic (exact) mass is 643 g/mol. The van der Waals surface area contributed by atoms with Gasteiger partial charge in [0.05, 0.1) is 11.9 Å². The van der Waals surface area contributed by atoms with E-state index in [0.717, 1.165) is 49.5 Å². The Bertz CT molecular complexity index is 1480. The first-order valence-electron chi connectivity index (χ1n) is 14.7. The highest BCUT2D eigenvalue weighted by molar-refractivity contribution is 7.92. The molecule has 0 unspecified atom stereocenters. The van der Waals surface area contributed by atoms with Crippen LogP contribution < -0.4 is 9.62 Å². The number of benzene rings is 3. The van der Waals surface area contributed by atoms with E-state index in [-0.39, 0.29) is 43.8 Å². The number of amides is 2. The summed E-state index contributed by atoms with van der Waals surface area (Å²) in [6.07, 6.45) is 6.91. The molecule has 1 aliphatic carbocycles. The summed E-state index contributed by atoms with van der Waals surface area (Å²) in [7, 11) is -3.63. The Kier molecular flexibility index (Phi) is 11.9. The minimum absolute atomic E-state index is 0.0407. The van der Waals surface area contributed by atoms with Crippen molar-refractivity contribution in [2.45, 2.75) is 70.0 Å². The Morgan fingerprint density at radius 2 is 1.63 bits per heavy atom. The van der Waals surface area contributed by atoms with Gasteiger partial charge in [0.15, 0.2) is 0 Å². The largest absolute Gasteiger partial charge is 0.352 e. The van der Waals surface area contributed by atoms with Gasteiger partial charge in [-0.15, -0.1) is 0 Å². The first-order chi connectivity index (χ1) is 20.6. The second-order valence-electron chi connectivity index (χ2n) is 11.1. The normalized spacial score (nSPS) is 14.6. The van der Waals surface area contributed by atoms with Gasteiger partial charge in [-0.25, -0.2) is 8.42 Å². The molecule has 1 fully saturated rings. The summed E-state index contributed by atoms with van der Waals surface area (Å²) < 4.78 is 26.5. The topological polar surface area (TPSA) is 86.8 Å². The van der Waals surface area contributed by atoms with Gasteiger partial charge >= 0.3 is 0 Å². The molecule has 1 N–H and O–H groups in total. The zero-order valence-corrected chi connectivity index (χ0v) is 26.8. The lowest BCUT2D eigenvalue weighted by molar-refractivity contribution is -0.141. The van der Waals surface area contributed by atoms with Crippen molar-refractivity contribution in [3.05, 3.63) is 100 Å². The molecule has 0 heterocycles. The summed E-state index contributed by atoms with van der Waals surface area (Å²) in [5, 5.41) is 4.16. The van der Waals surface area contributed by atoms with Crippen molar-refractivity contribution in [2.24, 2.45) is 0 Å². The van der Waals surface area contributed by atoms with Gasteiger partial charge in [-0.1, -0.05) is 97.1 Å². The molecule has 2 amide bonds. The standard InChI is InChI=1S/C33H39Cl2N3O4S/c1-43(41,42)38(29-18-10-15-27(34)23-29)21-11-20-32(39)37(24-26-14-8-9-19-30(26)35)31(22-25-12-4-2-5-13-25)33(40)36-28-16-6-3-7-17-28/h2,4-5,8-10,12-15,18-19,23,28,31H,3,6-7,11,16-17,20-22,24H2,1H3,(H,36,40)/t31-/m0/s1. The molecule has 0 spiro atoms. The molecule has 0 saturated heterocycles. The van der Waals surface area contributed by atoms with Crippen molar-refractivity contribution < 1.29 is 18.0 Å². The number of carbonyl (C=O) groups is 2. The number of rotatable bonds is 13. The van der Waals surface area contributed by atoms with Crippen LogP contribution in [0.2, 0.25) is 10.0 Å². The minimum atomic E-state index is -3.63. The van der Waals surface area contributed by atoms with Crippen LogP contribution in [0.4, 0.5) is 5.69 Å². The molecular weight excluding hydrogens is 605 g/mol. The Labute approximate surface area is 265 Å². The third kappa shape index (κ3) is 9.71. The average molecular weight is 645 g/mol. The Morgan fingerprint density at radius 3 is 2.30 bits per heavy atom. The van der Waals surface area contributed by atoms with Crippen LogP contribution in [0.1, 0.15) is 56.1 Å². The van der Waals surface area contributed by atoms with Crippen LogP contribution in [0.5, 0.6) is 0 Å². The third-order valence-corrected chi connectivity index (χ3v) is 9.57. The summed E-state index contributed by atoms with van der Waals surface area (Å²) in [5.74, 6) is -0.438.